The largest absolute Gasteiger partial charge is 0.482 e. The summed E-state index contributed by atoms with van der Waals surface area (Å²) in [6.07, 6.45) is 0. The third-order valence-electron chi connectivity index (χ3n) is 4.96. The van der Waals surface area contributed by atoms with Gasteiger partial charge in [0.05, 0.1) is 5.02 Å². The van der Waals surface area contributed by atoms with Gasteiger partial charge in [-0.05, 0) is 36.2 Å². The van der Waals surface area contributed by atoms with Crippen molar-refractivity contribution in [3.8, 4) is 5.75 Å². The maximum absolute atomic E-state index is 13.1. The second-order valence-corrected chi connectivity index (χ2v) is 8.03. The fourth-order valence-corrected chi connectivity index (χ4v) is 3.51. The quantitative estimate of drug-likeness (QED) is 0.472. The number of rotatable bonds is 9. The van der Waals surface area contributed by atoms with Crippen LogP contribution in [0.4, 0.5) is 0 Å². The number of hydrogen-bond donors (Lipinski definition) is 1. The third kappa shape index (κ3) is 6.49. The average molecular weight is 471 g/mol. The maximum atomic E-state index is 13.1. The summed E-state index contributed by atoms with van der Waals surface area (Å²) in [5.74, 6) is -0.195. The second kappa shape index (κ2) is 11.6. The first kappa shape index (κ1) is 23.6. The Balaban J connectivity index is 1.70. The fraction of sp³-hybridized carbons (Fsp3) is 0.200. The maximum Gasteiger partial charge on any atom is 0.261 e. The highest BCUT2D eigenvalue weighted by molar-refractivity contribution is 6.32. The normalized spacial score (nSPS) is 11.5. The minimum absolute atomic E-state index is 0.237. The van der Waals surface area contributed by atoms with Gasteiger partial charge in [-0.1, -0.05) is 83.9 Å². The summed E-state index contributed by atoms with van der Waals surface area (Å²) in [7, 11) is 0. The van der Waals surface area contributed by atoms with Gasteiger partial charge in [-0.15, -0.1) is 0 Å². The molecule has 5 nitrogen and oxygen atoms in total. The van der Waals surface area contributed by atoms with Crippen molar-refractivity contribution >= 4 is 35.0 Å². The van der Waals surface area contributed by atoms with Crippen molar-refractivity contribution in [2.24, 2.45) is 0 Å². The van der Waals surface area contributed by atoms with E-state index in [2.05, 4.69) is 5.32 Å². The lowest BCUT2D eigenvalue weighted by molar-refractivity contribution is -0.142. The zero-order valence-corrected chi connectivity index (χ0v) is 19.1. The van der Waals surface area contributed by atoms with Gasteiger partial charge in [-0.2, -0.15) is 0 Å². The highest BCUT2D eigenvalue weighted by atomic mass is 35.5. The summed E-state index contributed by atoms with van der Waals surface area (Å²) in [5.41, 5.74) is 1.71. The summed E-state index contributed by atoms with van der Waals surface area (Å²) in [6, 6.07) is 23.0. The van der Waals surface area contributed by atoms with Gasteiger partial charge in [-0.3, -0.25) is 9.59 Å². The number of nitrogens with one attached hydrogen (secondary N) is 1. The van der Waals surface area contributed by atoms with E-state index >= 15 is 0 Å². The van der Waals surface area contributed by atoms with Crippen LogP contribution in [0.15, 0.2) is 78.9 Å². The Bertz CT molecular complexity index is 1060. The summed E-state index contributed by atoms with van der Waals surface area (Å²) < 4.78 is 5.62. The average Bonchev–Trinajstić information content (AvgIpc) is 2.81. The first-order valence-electron chi connectivity index (χ1n) is 10.2. The van der Waals surface area contributed by atoms with Gasteiger partial charge in [-0.25, -0.2) is 0 Å². The molecule has 0 aliphatic carbocycles. The molecule has 3 aromatic rings. The molecule has 1 atom stereocenters. The monoisotopic (exact) mass is 470 g/mol. The molecule has 32 heavy (non-hydrogen) atoms. The Morgan fingerprint density at radius 1 is 0.906 bits per heavy atom. The molecule has 0 saturated carbocycles. The molecule has 0 aliphatic heterocycles. The minimum atomic E-state index is -0.722. The molecular weight excluding hydrogens is 447 g/mol. The molecule has 0 radical (unpaired) electrons. The molecule has 0 aliphatic rings. The lowest BCUT2D eigenvalue weighted by atomic mass is 10.1. The number of halogens is 2. The Hall–Kier alpha value is -3.02. The van der Waals surface area contributed by atoms with Crippen LogP contribution in [-0.4, -0.2) is 29.4 Å². The summed E-state index contributed by atoms with van der Waals surface area (Å²) in [6.45, 7) is 2.00. The highest BCUT2D eigenvalue weighted by Crippen LogP contribution is 2.23. The molecule has 0 saturated heterocycles. The lowest BCUT2D eigenvalue weighted by Gasteiger charge is -2.29. The molecule has 0 spiro atoms. The molecule has 166 valence electrons. The Morgan fingerprint density at radius 2 is 1.53 bits per heavy atom. The first-order valence-corrected chi connectivity index (χ1v) is 10.9. The van der Waals surface area contributed by atoms with Crippen molar-refractivity contribution in [3.63, 3.8) is 0 Å². The van der Waals surface area contributed by atoms with E-state index in [9.17, 15) is 9.59 Å². The van der Waals surface area contributed by atoms with Gasteiger partial charge in [0.25, 0.3) is 5.91 Å². The lowest BCUT2D eigenvalue weighted by Crippen LogP contribution is -2.48. The topological polar surface area (TPSA) is 58.6 Å². The van der Waals surface area contributed by atoms with Crippen LogP contribution in [-0.2, 0) is 22.7 Å². The zero-order valence-electron chi connectivity index (χ0n) is 17.6. The standard InChI is InChI=1S/C25H24Cl2N2O3/c1-18(25(31)28-15-20-11-5-6-12-21(20)26)29(16-19-9-3-2-4-10-19)24(30)17-32-23-14-8-7-13-22(23)27/h2-14,18H,15-17H2,1H3,(H,28,31). The third-order valence-corrected chi connectivity index (χ3v) is 5.64. The van der Waals surface area contributed by atoms with Gasteiger partial charge in [0.2, 0.25) is 5.91 Å². The van der Waals surface area contributed by atoms with E-state index in [0.717, 1.165) is 11.1 Å². The van der Waals surface area contributed by atoms with Crippen LogP contribution in [0.3, 0.4) is 0 Å². The smallest absolute Gasteiger partial charge is 0.261 e. The second-order valence-electron chi connectivity index (χ2n) is 7.21. The SMILES string of the molecule is CC(C(=O)NCc1ccccc1Cl)N(Cc1ccccc1)C(=O)COc1ccccc1Cl. The molecule has 0 bridgehead atoms. The van der Waals surface area contributed by atoms with E-state index in [0.29, 0.717) is 15.8 Å². The molecule has 3 aromatic carbocycles. The van der Waals surface area contributed by atoms with Gasteiger partial charge < -0.3 is 15.0 Å². The number of nitrogens with zero attached hydrogens (tertiary/aromatic N) is 1. The summed E-state index contributed by atoms with van der Waals surface area (Å²) in [4.78, 5) is 27.4. The fourth-order valence-electron chi connectivity index (χ4n) is 3.12. The molecule has 0 heterocycles. The van der Waals surface area contributed by atoms with Crippen LogP contribution in [0.2, 0.25) is 10.0 Å². The molecule has 0 aromatic heterocycles. The van der Waals surface area contributed by atoms with E-state index in [1.165, 1.54) is 4.90 Å². The number of carbonyl (C=O) groups is 2. The van der Waals surface area contributed by atoms with Crippen molar-refractivity contribution in [2.45, 2.75) is 26.1 Å². The Morgan fingerprint density at radius 3 is 2.22 bits per heavy atom. The summed E-state index contributed by atoms with van der Waals surface area (Å²) >= 11 is 12.3. The van der Waals surface area contributed by atoms with Crippen molar-refractivity contribution in [3.05, 3.63) is 100 Å². The van der Waals surface area contributed by atoms with Crippen molar-refractivity contribution in [1.82, 2.24) is 10.2 Å². The van der Waals surface area contributed by atoms with Gasteiger partial charge in [0, 0.05) is 18.1 Å². The van der Waals surface area contributed by atoms with Crippen LogP contribution in [0.1, 0.15) is 18.1 Å². The molecule has 2 amide bonds. The van der Waals surface area contributed by atoms with Gasteiger partial charge >= 0.3 is 0 Å². The number of benzene rings is 3. The van der Waals surface area contributed by atoms with Crippen LogP contribution in [0.5, 0.6) is 5.75 Å². The van der Waals surface area contributed by atoms with Crippen molar-refractivity contribution in [1.29, 1.82) is 0 Å². The predicted octanol–water partition coefficient (Wildman–Crippen LogP) is 5.11. The van der Waals surface area contributed by atoms with Crippen LogP contribution in [0.25, 0.3) is 0 Å². The predicted molar refractivity (Wildman–Crippen MR) is 127 cm³/mol. The number of carbonyl (C=O) groups excluding carboxylic acids is 2. The molecule has 3 rings (SSSR count). The number of amides is 2. The van der Waals surface area contributed by atoms with Crippen molar-refractivity contribution < 1.29 is 14.3 Å². The Kier molecular flexibility index (Phi) is 8.54. The number of ether oxygens (including phenoxy) is 1. The van der Waals surface area contributed by atoms with Crippen LogP contribution >= 0.6 is 23.2 Å². The van der Waals surface area contributed by atoms with E-state index in [4.69, 9.17) is 27.9 Å². The number of para-hydroxylation sites is 1. The molecular formula is C25H24Cl2N2O3. The minimum Gasteiger partial charge on any atom is -0.482 e. The van der Waals surface area contributed by atoms with E-state index in [1.807, 2.05) is 48.5 Å². The summed E-state index contributed by atoms with van der Waals surface area (Å²) in [5, 5.41) is 3.86. The first-order chi connectivity index (χ1) is 15.5. The molecule has 7 heteroatoms. The Labute approximate surface area is 197 Å². The van der Waals surface area contributed by atoms with Gasteiger partial charge in [0.15, 0.2) is 6.61 Å². The van der Waals surface area contributed by atoms with Crippen LogP contribution < -0.4 is 10.1 Å². The highest BCUT2D eigenvalue weighted by Gasteiger charge is 2.26. The molecule has 0 fully saturated rings. The zero-order chi connectivity index (χ0) is 22.9. The van der Waals surface area contributed by atoms with E-state index in [-0.39, 0.29) is 31.5 Å². The van der Waals surface area contributed by atoms with Gasteiger partial charge in [0.1, 0.15) is 11.8 Å². The van der Waals surface area contributed by atoms with Crippen LogP contribution in [0, 0.1) is 0 Å². The van der Waals surface area contributed by atoms with E-state index in [1.54, 1.807) is 37.3 Å². The van der Waals surface area contributed by atoms with E-state index < -0.39 is 6.04 Å². The molecule has 1 N–H and O–H groups in total. The molecule has 1 unspecified atom stereocenters. The van der Waals surface area contributed by atoms with Crippen molar-refractivity contribution in [2.75, 3.05) is 6.61 Å². The number of hydrogen-bond acceptors (Lipinski definition) is 3.